The topological polar surface area (TPSA) is 47.6 Å². The van der Waals surface area contributed by atoms with Gasteiger partial charge in [0.25, 0.3) is 5.91 Å². The van der Waals surface area contributed by atoms with Crippen LogP contribution in [0.15, 0.2) is 48.5 Å². The van der Waals surface area contributed by atoms with E-state index in [1.54, 1.807) is 14.0 Å². The standard InChI is InChI=1S/C20H25NO3/c1-14(2)17-10-6-8-12-19(17)24-15(3)20(22)21-13-16-9-5-7-11-18(16)23-4/h5-12,14-15H,13H2,1-4H3,(H,21,22)/t15-/m0/s1. The molecule has 0 aliphatic carbocycles. The number of ether oxygens (including phenoxy) is 2. The molecule has 24 heavy (non-hydrogen) atoms. The third kappa shape index (κ3) is 4.51. The molecule has 128 valence electrons. The van der Waals surface area contributed by atoms with Crippen molar-refractivity contribution in [3.8, 4) is 11.5 Å². The number of methoxy groups -OCH3 is 1. The number of carbonyl (C=O) groups excluding carboxylic acids is 1. The molecule has 0 aromatic heterocycles. The van der Waals surface area contributed by atoms with Crippen LogP contribution in [0.4, 0.5) is 0 Å². The maximum absolute atomic E-state index is 12.3. The molecule has 0 saturated heterocycles. The zero-order valence-corrected chi connectivity index (χ0v) is 14.7. The van der Waals surface area contributed by atoms with Crippen molar-refractivity contribution in [3.05, 3.63) is 59.7 Å². The van der Waals surface area contributed by atoms with E-state index in [2.05, 4.69) is 19.2 Å². The molecule has 0 saturated carbocycles. The number of hydrogen-bond donors (Lipinski definition) is 1. The summed E-state index contributed by atoms with van der Waals surface area (Å²) in [5.41, 5.74) is 2.03. The lowest BCUT2D eigenvalue weighted by Gasteiger charge is -2.19. The van der Waals surface area contributed by atoms with Crippen LogP contribution in [0.3, 0.4) is 0 Å². The molecule has 0 fully saturated rings. The van der Waals surface area contributed by atoms with E-state index in [0.29, 0.717) is 12.5 Å². The molecule has 1 amide bonds. The van der Waals surface area contributed by atoms with E-state index in [1.807, 2.05) is 48.5 Å². The zero-order valence-electron chi connectivity index (χ0n) is 14.7. The van der Waals surface area contributed by atoms with E-state index < -0.39 is 6.10 Å². The molecule has 2 rings (SSSR count). The Hall–Kier alpha value is -2.49. The lowest BCUT2D eigenvalue weighted by Crippen LogP contribution is -2.36. The predicted molar refractivity (Wildman–Crippen MR) is 95.5 cm³/mol. The van der Waals surface area contributed by atoms with Gasteiger partial charge in [0.05, 0.1) is 7.11 Å². The SMILES string of the molecule is COc1ccccc1CNC(=O)[C@H](C)Oc1ccccc1C(C)C. The van der Waals surface area contributed by atoms with Gasteiger partial charge in [-0.2, -0.15) is 0 Å². The summed E-state index contributed by atoms with van der Waals surface area (Å²) in [5.74, 6) is 1.70. The van der Waals surface area contributed by atoms with Crippen LogP contribution in [0.5, 0.6) is 11.5 Å². The van der Waals surface area contributed by atoms with Crippen molar-refractivity contribution >= 4 is 5.91 Å². The van der Waals surface area contributed by atoms with Gasteiger partial charge in [-0.1, -0.05) is 50.2 Å². The molecule has 0 radical (unpaired) electrons. The Bertz CT molecular complexity index is 682. The summed E-state index contributed by atoms with van der Waals surface area (Å²) in [5, 5.41) is 2.90. The smallest absolute Gasteiger partial charge is 0.261 e. The van der Waals surface area contributed by atoms with Gasteiger partial charge in [-0.05, 0) is 30.5 Å². The number of hydrogen-bond acceptors (Lipinski definition) is 3. The maximum atomic E-state index is 12.3. The molecule has 0 bridgehead atoms. The highest BCUT2D eigenvalue weighted by Gasteiger charge is 2.17. The van der Waals surface area contributed by atoms with E-state index in [1.165, 1.54) is 0 Å². The second-order valence-corrected chi connectivity index (χ2v) is 5.98. The zero-order chi connectivity index (χ0) is 17.5. The Morgan fingerprint density at radius 3 is 2.29 bits per heavy atom. The summed E-state index contributed by atoms with van der Waals surface area (Å²) in [6, 6.07) is 15.5. The minimum absolute atomic E-state index is 0.153. The van der Waals surface area contributed by atoms with Crippen molar-refractivity contribution in [1.82, 2.24) is 5.32 Å². The van der Waals surface area contributed by atoms with Crippen LogP contribution in [0.25, 0.3) is 0 Å². The summed E-state index contributed by atoms with van der Waals surface area (Å²) in [6.07, 6.45) is -0.570. The summed E-state index contributed by atoms with van der Waals surface area (Å²) in [7, 11) is 1.62. The number of para-hydroxylation sites is 2. The first-order valence-corrected chi connectivity index (χ1v) is 8.18. The lowest BCUT2D eigenvalue weighted by molar-refractivity contribution is -0.127. The second-order valence-electron chi connectivity index (χ2n) is 5.98. The Morgan fingerprint density at radius 1 is 1.00 bits per heavy atom. The van der Waals surface area contributed by atoms with Crippen molar-refractivity contribution in [2.24, 2.45) is 0 Å². The number of amides is 1. The molecule has 1 N–H and O–H groups in total. The highest BCUT2D eigenvalue weighted by molar-refractivity contribution is 5.80. The van der Waals surface area contributed by atoms with Gasteiger partial charge >= 0.3 is 0 Å². The molecule has 0 unspecified atom stereocenters. The van der Waals surface area contributed by atoms with Crippen LogP contribution in [-0.2, 0) is 11.3 Å². The highest BCUT2D eigenvalue weighted by atomic mass is 16.5. The normalized spacial score (nSPS) is 11.9. The Labute approximate surface area is 143 Å². The summed E-state index contributed by atoms with van der Waals surface area (Å²) in [4.78, 5) is 12.3. The van der Waals surface area contributed by atoms with Crippen molar-refractivity contribution in [2.45, 2.75) is 39.3 Å². The van der Waals surface area contributed by atoms with Crippen molar-refractivity contribution in [2.75, 3.05) is 7.11 Å². The van der Waals surface area contributed by atoms with Crippen LogP contribution >= 0.6 is 0 Å². The predicted octanol–water partition coefficient (Wildman–Crippen LogP) is 3.90. The van der Waals surface area contributed by atoms with Gasteiger partial charge in [-0.15, -0.1) is 0 Å². The van der Waals surface area contributed by atoms with Gasteiger partial charge in [0.2, 0.25) is 0 Å². The fraction of sp³-hybridized carbons (Fsp3) is 0.350. The fourth-order valence-electron chi connectivity index (χ4n) is 2.48. The van der Waals surface area contributed by atoms with E-state index >= 15 is 0 Å². The van der Waals surface area contributed by atoms with E-state index in [-0.39, 0.29) is 5.91 Å². The van der Waals surface area contributed by atoms with Crippen LogP contribution in [0, 0.1) is 0 Å². The molecule has 1 atom stereocenters. The van der Waals surface area contributed by atoms with Crippen molar-refractivity contribution in [1.29, 1.82) is 0 Å². The first-order chi connectivity index (χ1) is 11.5. The monoisotopic (exact) mass is 327 g/mol. The first-order valence-electron chi connectivity index (χ1n) is 8.18. The van der Waals surface area contributed by atoms with Crippen LogP contribution in [-0.4, -0.2) is 19.1 Å². The van der Waals surface area contributed by atoms with Gasteiger partial charge < -0.3 is 14.8 Å². The van der Waals surface area contributed by atoms with Crippen LogP contribution in [0.1, 0.15) is 37.8 Å². The van der Waals surface area contributed by atoms with Crippen molar-refractivity contribution < 1.29 is 14.3 Å². The van der Waals surface area contributed by atoms with Gasteiger partial charge in [0, 0.05) is 12.1 Å². The largest absolute Gasteiger partial charge is 0.496 e. The third-order valence-electron chi connectivity index (χ3n) is 3.86. The second kappa shape index (κ2) is 8.39. The third-order valence-corrected chi connectivity index (χ3v) is 3.86. The fourth-order valence-corrected chi connectivity index (χ4v) is 2.48. The molecule has 0 spiro atoms. The molecular weight excluding hydrogens is 302 g/mol. The number of carbonyl (C=O) groups is 1. The van der Waals surface area contributed by atoms with Crippen LogP contribution in [0.2, 0.25) is 0 Å². The van der Waals surface area contributed by atoms with Gasteiger partial charge in [0.15, 0.2) is 6.10 Å². The Morgan fingerprint density at radius 2 is 1.62 bits per heavy atom. The molecule has 4 heteroatoms. The first kappa shape index (κ1) is 17.9. The number of benzene rings is 2. The average Bonchev–Trinajstić information content (AvgIpc) is 2.60. The molecular formula is C20H25NO3. The van der Waals surface area contributed by atoms with Gasteiger partial charge in [-0.3, -0.25) is 4.79 Å². The van der Waals surface area contributed by atoms with E-state index in [9.17, 15) is 4.79 Å². The summed E-state index contributed by atoms with van der Waals surface area (Å²) in [6.45, 7) is 6.38. The van der Waals surface area contributed by atoms with Crippen LogP contribution < -0.4 is 14.8 Å². The molecule has 4 nitrogen and oxygen atoms in total. The van der Waals surface area contributed by atoms with E-state index in [4.69, 9.17) is 9.47 Å². The van der Waals surface area contributed by atoms with Gasteiger partial charge in [-0.25, -0.2) is 0 Å². The average molecular weight is 327 g/mol. The maximum Gasteiger partial charge on any atom is 0.261 e. The minimum atomic E-state index is -0.570. The molecule has 2 aromatic carbocycles. The molecule has 0 aliphatic rings. The summed E-state index contributed by atoms with van der Waals surface area (Å²) >= 11 is 0. The Kier molecular flexibility index (Phi) is 6.24. The quantitative estimate of drug-likeness (QED) is 0.839. The number of nitrogens with one attached hydrogen (secondary N) is 1. The number of rotatable bonds is 7. The van der Waals surface area contributed by atoms with E-state index in [0.717, 1.165) is 22.6 Å². The van der Waals surface area contributed by atoms with Gasteiger partial charge in [0.1, 0.15) is 11.5 Å². The lowest BCUT2D eigenvalue weighted by atomic mass is 10.0. The highest BCUT2D eigenvalue weighted by Crippen LogP contribution is 2.26. The minimum Gasteiger partial charge on any atom is -0.496 e. The molecule has 0 aliphatic heterocycles. The van der Waals surface area contributed by atoms with Crippen molar-refractivity contribution in [3.63, 3.8) is 0 Å². The summed E-state index contributed by atoms with van der Waals surface area (Å²) < 4.78 is 11.2. The Balaban J connectivity index is 1.98. The molecule has 0 heterocycles. The molecule has 2 aromatic rings.